The van der Waals surface area contributed by atoms with Crippen molar-refractivity contribution < 1.29 is 14.6 Å². The molecule has 0 radical (unpaired) electrons. The number of carbonyl (C=O) groups excluding carboxylic acids is 1. The molecule has 0 aliphatic rings. The van der Waals surface area contributed by atoms with Gasteiger partial charge in [0.15, 0.2) is 6.61 Å². The van der Waals surface area contributed by atoms with Gasteiger partial charge in [-0.1, -0.05) is 97.6 Å². The highest BCUT2D eigenvalue weighted by Crippen LogP contribution is 2.39. The molecule has 288 valence electrons. The molecule has 0 unspecified atom stereocenters. The maximum absolute atomic E-state index is 11.2. The maximum Gasteiger partial charge on any atom is 0.404 e. The van der Waals surface area contributed by atoms with Gasteiger partial charge in [-0.15, -0.1) is 0 Å². The number of aliphatic hydroxyl groups excluding tert-OH is 1. The Hall–Kier alpha value is -3.75. The first-order valence-electron chi connectivity index (χ1n) is 17.1. The summed E-state index contributed by atoms with van der Waals surface area (Å²) in [7, 11) is 0. The van der Waals surface area contributed by atoms with Crippen LogP contribution in [-0.2, 0) is 31.0 Å². The van der Waals surface area contributed by atoms with Crippen LogP contribution in [0.2, 0.25) is 20.1 Å². The number of halogens is 4. The largest absolute Gasteiger partial charge is 0.442 e. The number of nitrogens with two attached hydrogens (primary N) is 1. The van der Waals surface area contributed by atoms with Crippen LogP contribution < -0.4 is 5.73 Å². The molecule has 2 aromatic carbocycles. The van der Waals surface area contributed by atoms with E-state index in [-0.39, 0.29) is 25.0 Å². The lowest BCUT2D eigenvalue weighted by Gasteiger charge is -2.14. The van der Waals surface area contributed by atoms with E-state index in [1.54, 1.807) is 48.7 Å². The number of nitrogens with zero attached hydrogens (tertiary/aromatic N) is 6. The molecule has 0 aliphatic carbocycles. The van der Waals surface area contributed by atoms with E-state index in [0.717, 1.165) is 42.4 Å². The van der Waals surface area contributed by atoms with E-state index in [1.807, 2.05) is 57.7 Å². The summed E-state index contributed by atoms with van der Waals surface area (Å²) in [6.07, 6.45) is 6.15. The number of pyridine rings is 2. The molecule has 3 N–H and O–H groups in total. The van der Waals surface area contributed by atoms with Crippen molar-refractivity contribution in [3.8, 4) is 0 Å². The van der Waals surface area contributed by atoms with E-state index >= 15 is 0 Å². The van der Waals surface area contributed by atoms with Gasteiger partial charge in [-0.2, -0.15) is 0 Å². The summed E-state index contributed by atoms with van der Waals surface area (Å²) in [6.45, 7) is 9.31. The molecule has 0 saturated heterocycles. The van der Waals surface area contributed by atoms with Crippen LogP contribution >= 0.6 is 69.9 Å². The Bertz CT molecular complexity index is 2180. The van der Waals surface area contributed by atoms with Gasteiger partial charge in [0.1, 0.15) is 28.3 Å². The summed E-state index contributed by atoms with van der Waals surface area (Å²) < 4.78 is 9.10. The summed E-state index contributed by atoms with van der Waals surface area (Å²) in [5, 5.41) is 14.0. The number of rotatable bonds is 13. The second-order valence-corrected chi connectivity index (χ2v) is 16.7. The highest BCUT2D eigenvalue weighted by Gasteiger charge is 2.23. The summed E-state index contributed by atoms with van der Waals surface area (Å²) in [6, 6.07) is 18.6. The Labute approximate surface area is 348 Å². The molecule has 0 atom stereocenters. The van der Waals surface area contributed by atoms with Gasteiger partial charge in [0.05, 0.1) is 24.5 Å². The van der Waals surface area contributed by atoms with Crippen LogP contribution in [-0.4, -0.2) is 40.3 Å². The normalized spacial score (nSPS) is 11.2. The van der Waals surface area contributed by atoms with E-state index < -0.39 is 6.09 Å². The molecule has 0 aliphatic heterocycles. The van der Waals surface area contributed by atoms with Gasteiger partial charge in [0, 0.05) is 54.7 Å². The first-order valence-corrected chi connectivity index (χ1v) is 20.2. The Morgan fingerprint density at radius 1 is 0.691 bits per heavy atom. The third kappa shape index (κ3) is 11.9. The molecule has 0 bridgehead atoms. The number of hydrogen-bond acceptors (Lipinski definition) is 9. The van der Waals surface area contributed by atoms with E-state index in [4.69, 9.17) is 61.9 Å². The average molecular weight is 860 g/mol. The van der Waals surface area contributed by atoms with Gasteiger partial charge in [-0.25, -0.2) is 14.8 Å². The number of hydrogen-bond donors (Lipinski definition) is 2. The molecule has 0 fully saturated rings. The first kappa shape index (κ1) is 42.4. The molecule has 0 saturated carbocycles. The number of primary amides is 1. The topological polar surface area (TPSA) is 134 Å². The minimum atomic E-state index is -0.842. The summed E-state index contributed by atoms with van der Waals surface area (Å²) in [5.41, 5.74) is 9.14. The average Bonchev–Trinajstić information content (AvgIpc) is 3.64. The van der Waals surface area contributed by atoms with Gasteiger partial charge in [-0.3, -0.25) is 9.97 Å². The van der Waals surface area contributed by atoms with Crippen LogP contribution in [0.5, 0.6) is 0 Å². The number of aromatic nitrogens is 6. The quantitative estimate of drug-likeness (QED) is 0.116. The Balaban J connectivity index is 0.000000212. The maximum atomic E-state index is 11.2. The SMILES string of the molecule is CC(C)c1nc(CO)n(Cc2ccncc2)c1Sc1cc(Cl)cc(Cl)c1.CC(C)c1nc(COC(N)=O)n(Cc2ccncc2)c1Sc1cc(Cl)cc(Cl)c1. The van der Waals surface area contributed by atoms with E-state index in [9.17, 15) is 9.90 Å². The van der Waals surface area contributed by atoms with Crippen molar-refractivity contribution in [2.45, 2.75) is 85.7 Å². The van der Waals surface area contributed by atoms with Crippen molar-refractivity contribution in [3.63, 3.8) is 0 Å². The highest BCUT2D eigenvalue weighted by atomic mass is 35.5. The van der Waals surface area contributed by atoms with Crippen LogP contribution in [0.1, 0.15) is 73.7 Å². The summed E-state index contributed by atoms with van der Waals surface area (Å²) >= 11 is 27.7. The van der Waals surface area contributed by atoms with Crippen molar-refractivity contribution in [2.75, 3.05) is 0 Å². The van der Waals surface area contributed by atoms with Crippen molar-refractivity contribution in [2.24, 2.45) is 5.73 Å². The number of carbonyl (C=O) groups is 1. The molecule has 4 heterocycles. The van der Waals surface area contributed by atoms with Crippen LogP contribution in [0.3, 0.4) is 0 Å². The van der Waals surface area contributed by atoms with Crippen LogP contribution in [0.25, 0.3) is 0 Å². The van der Waals surface area contributed by atoms with Crippen molar-refractivity contribution in [1.29, 1.82) is 0 Å². The number of ether oxygens (including phenoxy) is 1. The molecule has 6 rings (SSSR count). The number of aliphatic hydroxyl groups is 1. The second-order valence-electron chi connectivity index (χ2n) is 12.8. The van der Waals surface area contributed by atoms with Gasteiger partial charge in [0.25, 0.3) is 0 Å². The zero-order valence-electron chi connectivity index (χ0n) is 30.4. The van der Waals surface area contributed by atoms with Gasteiger partial charge in [0.2, 0.25) is 0 Å². The number of benzene rings is 2. The van der Waals surface area contributed by atoms with Crippen molar-refractivity contribution in [3.05, 3.63) is 140 Å². The lowest BCUT2D eigenvalue weighted by Crippen LogP contribution is -2.15. The lowest BCUT2D eigenvalue weighted by atomic mass is 10.1. The third-order valence-corrected chi connectivity index (χ3v) is 11.0. The van der Waals surface area contributed by atoms with E-state index in [0.29, 0.717) is 44.8 Å². The third-order valence-electron chi connectivity index (χ3n) is 7.91. The Kier molecular flexibility index (Phi) is 15.3. The zero-order valence-corrected chi connectivity index (χ0v) is 35.1. The van der Waals surface area contributed by atoms with Crippen molar-refractivity contribution >= 4 is 76.0 Å². The van der Waals surface area contributed by atoms with Gasteiger partial charge in [-0.05, 0) is 83.6 Å². The predicted molar refractivity (Wildman–Crippen MR) is 221 cm³/mol. The molecule has 10 nitrogen and oxygen atoms in total. The molecule has 4 aromatic heterocycles. The minimum absolute atomic E-state index is 0.0169. The summed E-state index contributed by atoms with van der Waals surface area (Å²) in [5.74, 6) is 1.62. The first-order chi connectivity index (χ1) is 26.3. The molecular formula is C39H39Cl4N7O3S2. The molecule has 16 heteroatoms. The monoisotopic (exact) mass is 857 g/mol. The van der Waals surface area contributed by atoms with Crippen LogP contribution in [0, 0.1) is 0 Å². The molecule has 1 amide bonds. The summed E-state index contributed by atoms with van der Waals surface area (Å²) in [4.78, 5) is 30.5. The fourth-order valence-electron chi connectivity index (χ4n) is 5.40. The minimum Gasteiger partial charge on any atom is -0.442 e. The van der Waals surface area contributed by atoms with Crippen molar-refractivity contribution in [1.82, 2.24) is 29.1 Å². The fourth-order valence-corrected chi connectivity index (χ4v) is 9.24. The standard InChI is InChI=1S/C20H20Cl2N4O2S.C19H19Cl2N3OS/c1-12(2)18-19(29-16-8-14(21)7-15(22)9-16)26(10-13-3-5-24-6-4-13)17(25-18)11-28-20(23)27;1-12(2)18-19(26-16-8-14(20)7-15(21)9-16)24(17(11-25)23-18)10-13-3-5-22-6-4-13/h3-9,12H,10-11H2,1-2H3,(H2,23,27);3-9,12,25H,10-11H2,1-2H3. The molecule has 55 heavy (non-hydrogen) atoms. The molecule has 6 aromatic rings. The Morgan fingerprint density at radius 3 is 1.44 bits per heavy atom. The Morgan fingerprint density at radius 2 is 1.07 bits per heavy atom. The number of amides is 1. The van der Waals surface area contributed by atoms with Crippen LogP contribution in [0.4, 0.5) is 4.79 Å². The predicted octanol–water partition coefficient (Wildman–Crippen LogP) is 10.9. The van der Waals surface area contributed by atoms with E-state index in [1.165, 1.54) is 11.8 Å². The van der Waals surface area contributed by atoms with Crippen LogP contribution in [0.15, 0.2) is 105 Å². The molecule has 0 spiro atoms. The molecular weight excluding hydrogens is 820 g/mol. The fraction of sp³-hybridized carbons (Fsp3) is 0.256. The second kappa shape index (κ2) is 19.9. The highest BCUT2D eigenvalue weighted by molar-refractivity contribution is 7.99. The van der Waals surface area contributed by atoms with E-state index in [2.05, 4.69) is 42.6 Å². The lowest BCUT2D eigenvalue weighted by molar-refractivity contribution is 0.145. The number of imidazole rings is 2. The smallest absolute Gasteiger partial charge is 0.404 e. The zero-order chi connectivity index (χ0) is 39.6. The van der Waals surface area contributed by atoms with Gasteiger partial charge < -0.3 is 24.7 Å². The van der Waals surface area contributed by atoms with Gasteiger partial charge >= 0.3 is 6.09 Å².